The smallest absolute Gasteiger partial charge is 0.310 e. The van der Waals surface area contributed by atoms with Crippen molar-refractivity contribution in [2.45, 2.75) is 43.9 Å². The van der Waals surface area contributed by atoms with Gasteiger partial charge < -0.3 is 9.84 Å². The zero-order valence-corrected chi connectivity index (χ0v) is 12.8. The fourth-order valence-corrected chi connectivity index (χ4v) is 4.10. The van der Waals surface area contributed by atoms with Gasteiger partial charge in [0.25, 0.3) is 0 Å². The van der Waals surface area contributed by atoms with Crippen LogP contribution < -0.4 is 0 Å². The number of aliphatic hydroxyl groups is 1. The van der Waals surface area contributed by atoms with Crippen LogP contribution in [0, 0.1) is 12.8 Å². The molecule has 1 N–H and O–H groups in total. The standard InChI is InChI=1S/C17H23NO3/c1-10-4-6-11(7-5-10)12-8-13-15(19)9-14(18(13)2)16(12)17(20)21-3/h4-7,12-16,19H,8-9H2,1-3H3/t12-,13-,14-,15-,16+/m1/s1. The van der Waals surface area contributed by atoms with Gasteiger partial charge in [0.2, 0.25) is 0 Å². The summed E-state index contributed by atoms with van der Waals surface area (Å²) >= 11 is 0. The number of benzene rings is 1. The second kappa shape index (κ2) is 5.43. The van der Waals surface area contributed by atoms with Crippen LogP contribution in [0.2, 0.25) is 0 Å². The van der Waals surface area contributed by atoms with Crippen molar-refractivity contribution >= 4 is 5.97 Å². The van der Waals surface area contributed by atoms with Crippen molar-refractivity contribution in [2.75, 3.05) is 14.2 Å². The minimum Gasteiger partial charge on any atom is -0.469 e. The third-order valence-electron chi connectivity index (χ3n) is 5.30. The van der Waals surface area contributed by atoms with Crippen LogP contribution in [0.25, 0.3) is 0 Å². The van der Waals surface area contributed by atoms with Gasteiger partial charge in [0.1, 0.15) is 0 Å². The number of aliphatic hydroxyl groups excluding tert-OH is 1. The van der Waals surface area contributed by atoms with Crippen molar-refractivity contribution in [3.05, 3.63) is 35.4 Å². The van der Waals surface area contributed by atoms with E-state index in [9.17, 15) is 9.90 Å². The number of carbonyl (C=O) groups is 1. The van der Waals surface area contributed by atoms with Crippen LogP contribution in [0.4, 0.5) is 0 Å². The van der Waals surface area contributed by atoms with Gasteiger partial charge in [0, 0.05) is 18.0 Å². The molecule has 0 spiro atoms. The molecule has 2 saturated heterocycles. The van der Waals surface area contributed by atoms with Crippen LogP contribution in [0.3, 0.4) is 0 Å². The summed E-state index contributed by atoms with van der Waals surface area (Å²) in [5.41, 5.74) is 2.39. The van der Waals surface area contributed by atoms with Gasteiger partial charge in [-0.2, -0.15) is 0 Å². The Kier molecular flexibility index (Phi) is 3.76. The molecule has 21 heavy (non-hydrogen) atoms. The summed E-state index contributed by atoms with van der Waals surface area (Å²) < 4.78 is 5.05. The van der Waals surface area contributed by atoms with E-state index < -0.39 is 0 Å². The number of hydrogen-bond donors (Lipinski definition) is 1. The van der Waals surface area contributed by atoms with Gasteiger partial charge in [-0.1, -0.05) is 29.8 Å². The monoisotopic (exact) mass is 289 g/mol. The molecule has 0 saturated carbocycles. The van der Waals surface area contributed by atoms with Gasteiger partial charge >= 0.3 is 5.97 Å². The van der Waals surface area contributed by atoms with E-state index in [2.05, 4.69) is 36.1 Å². The second-order valence-electron chi connectivity index (χ2n) is 6.41. The summed E-state index contributed by atoms with van der Waals surface area (Å²) in [5.74, 6) is -0.234. The molecule has 2 aliphatic rings. The molecule has 114 valence electrons. The first kappa shape index (κ1) is 14.5. The predicted molar refractivity (Wildman–Crippen MR) is 80.0 cm³/mol. The molecule has 1 aromatic carbocycles. The number of likely N-dealkylation sites (N-methyl/N-ethyl adjacent to an activating group) is 1. The molecule has 3 rings (SSSR count). The van der Waals surface area contributed by atoms with Crippen LogP contribution >= 0.6 is 0 Å². The summed E-state index contributed by atoms with van der Waals surface area (Å²) in [6, 6.07) is 8.58. The highest BCUT2D eigenvalue weighted by Gasteiger charge is 2.53. The number of fused-ring (bicyclic) bond motifs is 2. The normalized spacial score (nSPS) is 35.7. The maximum Gasteiger partial charge on any atom is 0.310 e. The molecule has 4 nitrogen and oxygen atoms in total. The van der Waals surface area contributed by atoms with Gasteiger partial charge in [-0.15, -0.1) is 0 Å². The Balaban J connectivity index is 1.97. The van der Waals surface area contributed by atoms with Gasteiger partial charge in [-0.25, -0.2) is 0 Å². The number of hydrogen-bond acceptors (Lipinski definition) is 4. The molecular weight excluding hydrogens is 266 g/mol. The molecule has 2 heterocycles. The summed E-state index contributed by atoms with van der Waals surface area (Å²) in [5, 5.41) is 10.3. The zero-order chi connectivity index (χ0) is 15.1. The van der Waals surface area contributed by atoms with Crippen LogP contribution in [-0.4, -0.2) is 48.3 Å². The Morgan fingerprint density at radius 2 is 1.90 bits per heavy atom. The largest absolute Gasteiger partial charge is 0.469 e. The van der Waals surface area contributed by atoms with E-state index in [-0.39, 0.29) is 36.0 Å². The molecule has 0 unspecified atom stereocenters. The van der Waals surface area contributed by atoms with E-state index in [0.29, 0.717) is 6.42 Å². The Labute approximate surface area is 125 Å². The Morgan fingerprint density at radius 1 is 1.24 bits per heavy atom. The molecule has 0 aliphatic carbocycles. The first-order valence-electron chi connectivity index (χ1n) is 7.57. The highest BCUT2D eigenvalue weighted by molar-refractivity contribution is 5.75. The Hall–Kier alpha value is -1.39. The number of piperidine rings is 1. The Bertz CT molecular complexity index is 527. The maximum atomic E-state index is 12.3. The molecule has 4 heteroatoms. The van der Waals surface area contributed by atoms with Crippen molar-refractivity contribution in [1.82, 2.24) is 4.90 Å². The first-order chi connectivity index (χ1) is 10.0. The lowest BCUT2D eigenvalue weighted by Crippen LogP contribution is -2.49. The van der Waals surface area contributed by atoms with Gasteiger partial charge in [0.15, 0.2) is 0 Å². The van der Waals surface area contributed by atoms with Crippen molar-refractivity contribution in [2.24, 2.45) is 5.92 Å². The van der Waals surface area contributed by atoms with Crippen molar-refractivity contribution in [3.63, 3.8) is 0 Å². The van der Waals surface area contributed by atoms with Gasteiger partial charge in [0.05, 0.1) is 19.1 Å². The molecule has 0 aromatic heterocycles. The number of esters is 1. The van der Waals surface area contributed by atoms with E-state index in [0.717, 1.165) is 6.42 Å². The van der Waals surface area contributed by atoms with Gasteiger partial charge in [-0.05, 0) is 32.4 Å². The van der Waals surface area contributed by atoms with E-state index in [4.69, 9.17) is 4.74 Å². The van der Waals surface area contributed by atoms with Gasteiger partial charge in [-0.3, -0.25) is 9.69 Å². The number of ether oxygens (including phenoxy) is 1. The topological polar surface area (TPSA) is 49.8 Å². The average molecular weight is 289 g/mol. The summed E-state index contributed by atoms with van der Waals surface area (Å²) in [6.07, 6.45) is 1.11. The van der Waals surface area contributed by atoms with E-state index in [1.54, 1.807) is 0 Å². The van der Waals surface area contributed by atoms with Crippen LogP contribution in [-0.2, 0) is 9.53 Å². The quantitative estimate of drug-likeness (QED) is 0.842. The fourth-order valence-electron chi connectivity index (χ4n) is 4.10. The van der Waals surface area contributed by atoms with Crippen LogP contribution in [0.1, 0.15) is 29.9 Å². The second-order valence-corrected chi connectivity index (χ2v) is 6.41. The third-order valence-corrected chi connectivity index (χ3v) is 5.30. The minimum absolute atomic E-state index is 0.0671. The lowest BCUT2D eigenvalue weighted by molar-refractivity contribution is -0.150. The Morgan fingerprint density at radius 3 is 2.52 bits per heavy atom. The first-order valence-corrected chi connectivity index (χ1v) is 7.57. The molecule has 0 amide bonds. The SMILES string of the molecule is COC(=O)[C@H]1[C@@H](c2ccc(C)cc2)C[C@@H]2[C@H](O)C[C@H]1N2C. The third kappa shape index (κ3) is 2.36. The summed E-state index contributed by atoms with van der Waals surface area (Å²) in [4.78, 5) is 14.5. The minimum atomic E-state index is -0.345. The highest BCUT2D eigenvalue weighted by Crippen LogP contribution is 2.46. The fraction of sp³-hybridized carbons (Fsp3) is 0.588. The molecule has 2 aliphatic heterocycles. The summed E-state index contributed by atoms with van der Waals surface area (Å²) in [7, 11) is 3.46. The van der Waals surface area contributed by atoms with Crippen LogP contribution in [0.5, 0.6) is 0 Å². The highest BCUT2D eigenvalue weighted by atomic mass is 16.5. The van der Waals surface area contributed by atoms with E-state index >= 15 is 0 Å². The predicted octanol–water partition coefficient (Wildman–Crippen LogP) is 1.71. The van der Waals surface area contributed by atoms with Crippen LogP contribution in [0.15, 0.2) is 24.3 Å². The average Bonchev–Trinajstić information content (AvgIpc) is 2.66. The molecule has 2 fully saturated rings. The lowest BCUT2D eigenvalue weighted by Gasteiger charge is -2.41. The molecule has 1 aromatic rings. The molecule has 5 atom stereocenters. The van der Waals surface area contributed by atoms with E-state index in [1.165, 1.54) is 18.2 Å². The molecule has 0 radical (unpaired) electrons. The lowest BCUT2D eigenvalue weighted by atomic mass is 9.76. The number of methoxy groups -OCH3 is 1. The number of rotatable bonds is 2. The van der Waals surface area contributed by atoms with E-state index in [1.807, 2.05) is 7.05 Å². The number of nitrogens with zero attached hydrogens (tertiary/aromatic N) is 1. The van der Waals surface area contributed by atoms with Crippen molar-refractivity contribution in [1.29, 1.82) is 0 Å². The molecular formula is C17H23NO3. The molecule has 2 bridgehead atoms. The number of carbonyl (C=O) groups excluding carboxylic acids is 1. The zero-order valence-electron chi connectivity index (χ0n) is 12.8. The number of aryl methyl sites for hydroxylation is 1. The van der Waals surface area contributed by atoms with Crippen molar-refractivity contribution in [3.8, 4) is 0 Å². The van der Waals surface area contributed by atoms with Crippen molar-refractivity contribution < 1.29 is 14.6 Å². The maximum absolute atomic E-state index is 12.3. The summed E-state index contributed by atoms with van der Waals surface area (Å²) in [6.45, 7) is 2.06.